The first-order valence-corrected chi connectivity index (χ1v) is 7.53. The van der Waals surface area contributed by atoms with E-state index >= 15 is 0 Å². The maximum absolute atomic E-state index is 12.2. The van der Waals surface area contributed by atoms with Crippen LogP contribution >= 0.6 is 15.9 Å². The number of aromatic nitrogens is 3. The van der Waals surface area contributed by atoms with E-state index in [0.29, 0.717) is 0 Å². The number of benzene rings is 1. The molecule has 21 heavy (non-hydrogen) atoms. The maximum Gasteiger partial charge on any atom is 0.274 e. The van der Waals surface area contributed by atoms with Crippen molar-refractivity contribution in [3.63, 3.8) is 0 Å². The Balaban J connectivity index is 2.28. The molecule has 4 nitrogen and oxygen atoms in total. The van der Waals surface area contributed by atoms with Crippen LogP contribution in [-0.2, 0) is 5.41 Å². The molecule has 0 aliphatic heterocycles. The van der Waals surface area contributed by atoms with Crippen molar-refractivity contribution in [1.29, 1.82) is 0 Å². The molecule has 0 atom stereocenters. The van der Waals surface area contributed by atoms with Crippen LogP contribution in [0, 0.1) is 0 Å². The van der Waals surface area contributed by atoms with Crippen LogP contribution in [-0.4, -0.2) is 14.6 Å². The SMILES string of the molecule is CC(C)(C)c1cc(=O)n2ncc(-c3ccc(Br)cc3)c2[nH]1. The van der Waals surface area contributed by atoms with Crippen LogP contribution in [0.2, 0.25) is 0 Å². The number of rotatable bonds is 1. The lowest BCUT2D eigenvalue weighted by molar-refractivity contribution is 0.566. The van der Waals surface area contributed by atoms with Gasteiger partial charge in [0.2, 0.25) is 0 Å². The molecule has 108 valence electrons. The monoisotopic (exact) mass is 345 g/mol. The van der Waals surface area contributed by atoms with Gasteiger partial charge in [0, 0.05) is 27.2 Å². The summed E-state index contributed by atoms with van der Waals surface area (Å²) in [6.07, 6.45) is 1.73. The molecular formula is C16H16BrN3O. The van der Waals surface area contributed by atoms with Crippen molar-refractivity contribution < 1.29 is 0 Å². The molecule has 0 unspecified atom stereocenters. The molecule has 5 heteroatoms. The fraction of sp³-hybridized carbons (Fsp3) is 0.250. The molecule has 0 amide bonds. The maximum atomic E-state index is 12.2. The first-order valence-electron chi connectivity index (χ1n) is 6.74. The minimum atomic E-state index is -0.123. The first kappa shape index (κ1) is 14.1. The Kier molecular flexibility index (Phi) is 3.24. The molecule has 1 aromatic carbocycles. The fourth-order valence-corrected chi connectivity index (χ4v) is 2.49. The number of aromatic amines is 1. The van der Waals surface area contributed by atoms with E-state index in [1.807, 2.05) is 24.3 Å². The normalized spacial score (nSPS) is 12.0. The number of hydrogen-bond donors (Lipinski definition) is 1. The summed E-state index contributed by atoms with van der Waals surface area (Å²) in [5.41, 5.74) is 3.34. The van der Waals surface area contributed by atoms with E-state index in [2.05, 4.69) is 46.8 Å². The second-order valence-corrected chi connectivity index (χ2v) is 7.01. The van der Waals surface area contributed by atoms with Gasteiger partial charge in [-0.3, -0.25) is 4.79 Å². The number of H-pyrrole nitrogens is 1. The lowest BCUT2D eigenvalue weighted by Gasteiger charge is -2.18. The van der Waals surface area contributed by atoms with Crippen LogP contribution in [0.25, 0.3) is 16.8 Å². The zero-order valence-corrected chi connectivity index (χ0v) is 13.7. The summed E-state index contributed by atoms with van der Waals surface area (Å²) in [6, 6.07) is 9.58. The molecule has 0 spiro atoms. The number of fused-ring (bicyclic) bond motifs is 1. The van der Waals surface area contributed by atoms with Gasteiger partial charge in [-0.25, -0.2) is 0 Å². The van der Waals surface area contributed by atoms with Crippen LogP contribution in [0.5, 0.6) is 0 Å². The minimum absolute atomic E-state index is 0.114. The van der Waals surface area contributed by atoms with Crippen molar-refractivity contribution in [2.24, 2.45) is 0 Å². The van der Waals surface area contributed by atoms with Gasteiger partial charge < -0.3 is 4.98 Å². The van der Waals surface area contributed by atoms with Gasteiger partial charge in [-0.2, -0.15) is 9.61 Å². The van der Waals surface area contributed by atoms with Crippen molar-refractivity contribution in [3.8, 4) is 11.1 Å². The van der Waals surface area contributed by atoms with Crippen LogP contribution in [0.15, 0.2) is 45.8 Å². The number of nitrogens with zero attached hydrogens (tertiary/aromatic N) is 2. The van der Waals surface area contributed by atoms with Gasteiger partial charge in [-0.05, 0) is 17.7 Å². The van der Waals surface area contributed by atoms with E-state index in [1.54, 1.807) is 12.3 Å². The summed E-state index contributed by atoms with van der Waals surface area (Å²) < 4.78 is 2.43. The highest BCUT2D eigenvalue weighted by Crippen LogP contribution is 2.26. The van der Waals surface area contributed by atoms with E-state index < -0.39 is 0 Å². The summed E-state index contributed by atoms with van der Waals surface area (Å²) in [5, 5.41) is 4.20. The lowest BCUT2D eigenvalue weighted by atomic mass is 9.92. The molecule has 0 bridgehead atoms. The van der Waals surface area contributed by atoms with Crippen molar-refractivity contribution in [2.75, 3.05) is 0 Å². The van der Waals surface area contributed by atoms with Gasteiger partial charge in [0.05, 0.1) is 6.20 Å². The largest absolute Gasteiger partial charge is 0.342 e. The van der Waals surface area contributed by atoms with E-state index in [0.717, 1.165) is 26.9 Å². The van der Waals surface area contributed by atoms with Gasteiger partial charge in [0.1, 0.15) is 5.65 Å². The molecule has 0 saturated heterocycles. The fourth-order valence-electron chi connectivity index (χ4n) is 2.23. The molecule has 0 radical (unpaired) electrons. The number of halogens is 1. The van der Waals surface area contributed by atoms with Crippen molar-refractivity contribution in [1.82, 2.24) is 14.6 Å². The Morgan fingerprint density at radius 3 is 2.48 bits per heavy atom. The smallest absolute Gasteiger partial charge is 0.274 e. The van der Waals surface area contributed by atoms with Crippen LogP contribution in [0.4, 0.5) is 0 Å². The topological polar surface area (TPSA) is 50.2 Å². The molecule has 0 aliphatic rings. The highest BCUT2D eigenvalue weighted by atomic mass is 79.9. The third-order valence-corrected chi connectivity index (χ3v) is 3.99. The van der Waals surface area contributed by atoms with Crippen molar-refractivity contribution in [3.05, 3.63) is 57.0 Å². The Hall–Kier alpha value is -1.88. The molecule has 2 heterocycles. The predicted octanol–water partition coefficient (Wildman–Crippen LogP) is 3.75. The highest BCUT2D eigenvalue weighted by molar-refractivity contribution is 9.10. The van der Waals surface area contributed by atoms with Crippen molar-refractivity contribution >= 4 is 21.6 Å². The van der Waals surface area contributed by atoms with Gasteiger partial charge >= 0.3 is 0 Å². The molecule has 1 N–H and O–H groups in total. The van der Waals surface area contributed by atoms with E-state index in [9.17, 15) is 4.79 Å². The van der Waals surface area contributed by atoms with E-state index in [4.69, 9.17) is 0 Å². The summed E-state index contributed by atoms with van der Waals surface area (Å²) in [6.45, 7) is 6.22. The summed E-state index contributed by atoms with van der Waals surface area (Å²) in [4.78, 5) is 15.6. The Labute approximate surface area is 131 Å². The molecule has 0 fully saturated rings. The van der Waals surface area contributed by atoms with Crippen LogP contribution in [0.1, 0.15) is 26.5 Å². The van der Waals surface area contributed by atoms with E-state index in [1.165, 1.54) is 4.52 Å². The quantitative estimate of drug-likeness (QED) is 0.730. The zero-order chi connectivity index (χ0) is 15.2. The molecule has 2 aromatic heterocycles. The van der Waals surface area contributed by atoms with Gasteiger partial charge in [0.15, 0.2) is 0 Å². The third kappa shape index (κ3) is 2.53. The number of nitrogens with one attached hydrogen (secondary N) is 1. The standard InChI is InChI=1S/C16H16BrN3O/c1-16(2,3)13-8-14(21)20-15(19-13)12(9-18-20)10-4-6-11(17)7-5-10/h4-9,19H,1-3H3. The molecule has 0 saturated carbocycles. The minimum Gasteiger partial charge on any atom is -0.342 e. The Morgan fingerprint density at radius 1 is 1.19 bits per heavy atom. The van der Waals surface area contributed by atoms with Gasteiger partial charge in [-0.15, -0.1) is 0 Å². The second kappa shape index (κ2) is 4.84. The summed E-state index contributed by atoms with van der Waals surface area (Å²) in [7, 11) is 0. The second-order valence-electron chi connectivity index (χ2n) is 6.10. The van der Waals surface area contributed by atoms with Crippen LogP contribution in [0.3, 0.4) is 0 Å². The van der Waals surface area contributed by atoms with Gasteiger partial charge in [0.25, 0.3) is 5.56 Å². The van der Waals surface area contributed by atoms with E-state index in [-0.39, 0.29) is 11.0 Å². The van der Waals surface area contributed by atoms with Crippen molar-refractivity contribution in [2.45, 2.75) is 26.2 Å². The average molecular weight is 346 g/mol. The molecule has 3 rings (SSSR count). The first-order chi connectivity index (χ1) is 9.86. The lowest BCUT2D eigenvalue weighted by Crippen LogP contribution is -2.22. The van der Waals surface area contributed by atoms with Gasteiger partial charge in [-0.1, -0.05) is 48.8 Å². The Morgan fingerprint density at radius 2 is 1.86 bits per heavy atom. The molecule has 3 aromatic rings. The predicted molar refractivity (Wildman–Crippen MR) is 87.6 cm³/mol. The summed E-state index contributed by atoms with van der Waals surface area (Å²) >= 11 is 3.43. The van der Waals surface area contributed by atoms with Crippen LogP contribution < -0.4 is 5.56 Å². The summed E-state index contributed by atoms with van der Waals surface area (Å²) in [5.74, 6) is 0. The highest BCUT2D eigenvalue weighted by Gasteiger charge is 2.18. The molecule has 0 aliphatic carbocycles. The molecular weight excluding hydrogens is 330 g/mol. The third-order valence-electron chi connectivity index (χ3n) is 3.46. The zero-order valence-electron chi connectivity index (χ0n) is 12.1. The number of hydrogen-bond acceptors (Lipinski definition) is 2. The Bertz CT molecular complexity index is 854. The average Bonchev–Trinajstić information content (AvgIpc) is 2.83.